The highest BCUT2D eigenvalue weighted by Crippen LogP contribution is 2.70. The normalized spacial score (nSPS) is 12.3. The summed E-state index contributed by atoms with van der Waals surface area (Å²) in [6.45, 7) is 4.49. The number of hydrogen-bond acceptors (Lipinski definition) is 1. The predicted molar refractivity (Wildman–Crippen MR) is 183 cm³/mol. The first-order valence-corrected chi connectivity index (χ1v) is 16.7. The monoisotopic (exact) mass is 597 g/mol. The number of benzene rings is 5. The summed E-state index contributed by atoms with van der Waals surface area (Å²) >= 11 is 0. The van der Waals surface area contributed by atoms with Gasteiger partial charge in [-0.25, -0.2) is 4.39 Å². The lowest BCUT2D eigenvalue weighted by Crippen LogP contribution is -2.37. The minimum atomic E-state index is -2.48. The number of nitrogens with two attached hydrogens (primary N) is 1. The maximum Gasteiger partial charge on any atom is 0.265 e. The summed E-state index contributed by atoms with van der Waals surface area (Å²) in [5.41, 5.74) is 10.6. The van der Waals surface area contributed by atoms with Crippen molar-refractivity contribution < 1.29 is 9.18 Å². The Labute approximate surface area is 259 Å². The Morgan fingerprint density at radius 3 is 1.43 bits per heavy atom. The van der Waals surface area contributed by atoms with E-state index in [9.17, 15) is 9.18 Å². The molecule has 3 N–H and O–H groups in total. The van der Waals surface area contributed by atoms with Crippen LogP contribution in [-0.4, -0.2) is 10.9 Å². The highest BCUT2D eigenvalue weighted by atomic mass is 31.2. The number of amides is 1. The number of aromatic nitrogens is 1. The van der Waals surface area contributed by atoms with Gasteiger partial charge in [0.1, 0.15) is 40.3 Å². The molecule has 0 fully saturated rings. The van der Waals surface area contributed by atoms with Crippen molar-refractivity contribution in [1.29, 1.82) is 0 Å². The lowest BCUT2D eigenvalue weighted by atomic mass is 9.92. The standard InChI is InChI=1S/C39H34FN2OP/c1-27(2)38(44(31-17-9-4-10-18-31,32-19-11-5-12-20-32)33-21-13-6-14-22-33)36-34(29-23-25-30(40)26-24-29)35(37(42-36)39(41)43)28-15-7-3-8-16-28/h3-27,38H,1-2H3,(H2-,41,42,43)/p+1. The fourth-order valence-corrected chi connectivity index (χ4v) is 11.9. The summed E-state index contributed by atoms with van der Waals surface area (Å²) in [5, 5.41) is 3.70. The van der Waals surface area contributed by atoms with Crippen LogP contribution in [0.5, 0.6) is 0 Å². The van der Waals surface area contributed by atoms with E-state index in [-0.39, 0.29) is 17.4 Å². The quantitative estimate of drug-likeness (QED) is 0.162. The third-order valence-electron chi connectivity index (χ3n) is 8.31. The number of primary amides is 1. The van der Waals surface area contributed by atoms with E-state index in [4.69, 9.17) is 5.73 Å². The van der Waals surface area contributed by atoms with Crippen molar-refractivity contribution in [1.82, 2.24) is 4.98 Å². The molecule has 6 rings (SSSR count). The van der Waals surface area contributed by atoms with Crippen LogP contribution < -0.4 is 21.6 Å². The Bertz CT molecular complexity index is 1760. The largest absolute Gasteiger partial charge is 0.364 e. The summed E-state index contributed by atoms with van der Waals surface area (Å²) in [4.78, 5) is 16.9. The highest BCUT2D eigenvalue weighted by molar-refractivity contribution is 7.96. The zero-order valence-electron chi connectivity index (χ0n) is 24.8. The van der Waals surface area contributed by atoms with Crippen LogP contribution in [0, 0.1) is 11.7 Å². The van der Waals surface area contributed by atoms with Gasteiger partial charge in [0.25, 0.3) is 5.91 Å². The molecule has 0 saturated carbocycles. The Morgan fingerprint density at radius 2 is 1.02 bits per heavy atom. The molecule has 1 amide bonds. The Kier molecular flexibility index (Phi) is 8.28. The molecule has 218 valence electrons. The second-order valence-corrected chi connectivity index (χ2v) is 14.9. The molecule has 0 aliphatic carbocycles. The number of rotatable bonds is 9. The molecule has 0 bridgehead atoms. The number of halogens is 1. The minimum Gasteiger partial charge on any atom is -0.364 e. The van der Waals surface area contributed by atoms with Gasteiger partial charge >= 0.3 is 0 Å². The van der Waals surface area contributed by atoms with Crippen LogP contribution in [0.25, 0.3) is 22.3 Å². The molecule has 0 radical (unpaired) electrons. The van der Waals surface area contributed by atoms with Crippen LogP contribution in [0.1, 0.15) is 35.7 Å². The molecule has 1 atom stereocenters. The van der Waals surface area contributed by atoms with E-state index in [2.05, 4.69) is 110 Å². The predicted octanol–water partition coefficient (Wildman–Crippen LogP) is 8.28. The molecule has 1 unspecified atom stereocenters. The van der Waals surface area contributed by atoms with Gasteiger partial charge in [0, 0.05) is 11.1 Å². The van der Waals surface area contributed by atoms with E-state index in [1.807, 2.05) is 30.3 Å². The van der Waals surface area contributed by atoms with Crippen LogP contribution in [0.2, 0.25) is 0 Å². The lowest BCUT2D eigenvalue weighted by molar-refractivity contribution is 0.0996. The first-order valence-electron chi connectivity index (χ1n) is 14.9. The van der Waals surface area contributed by atoms with Gasteiger partial charge in [-0.05, 0) is 65.6 Å². The first kappa shape index (κ1) is 29.3. The summed E-state index contributed by atoms with van der Waals surface area (Å²) in [5.74, 6) is -0.738. The van der Waals surface area contributed by atoms with E-state index in [1.165, 1.54) is 28.0 Å². The molecule has 0 spiro atoms. The Hall–Kier alpha value is -4.79. The summed E-state index contributed by atoms with van der Waals surface area (Å²) in [6.07, 6.45) is 0. The molecule has 5 heteroatoms. The highest BCUT2D eigenvalue weighted by Gasteiger charge is 2.55. The maximum atomic E-state index is 14.3. The maximum absolute atomic E-state index is 14.3. The molecule has 44 heavy (non-hydrogen) atoms. The van der Waals surface area contributed by atoms with Crippen molar-refractivity contribution in [2.24, 2.45) is 11.7 Å². The third kappa shape index (κ3) is 5.16. The van der Waals surface area contributed by atoms with Gasteiger partial charge in [-0.1, -0.05) is 111 Å². The summed E-state index contributed by atoms with van der Waals surface area (Å²) in [6, 6.07) is 48.6. The average molecular weight is 598 g/mol. The number of nitrogens with one attached hydrogen (secondary N) is 1. The smallest absolute Gasteiger partial charge is 0.265 e. The van der Waals surface area contributed by atoms with Crippen LogP contribution >= 0.6 is 7.26 Å². The van der Waals surface area contributed by atoms with E-state index in [1.54, 1.807) is 12.1 Å². The molecule has 0 aliphatic heterocycles. The molecule has 0 saturated heterocycles. The lowest BCUT2D eigenvalue weighted by Gasteiger charge is -2.37. The van der Waals surface area contributed by atoms with Crippen molar-refractivity contribution in [3.05, 3.63) is 163 Å². The second kappa shape index (κ2) is 12.4. The van der Waals surface area contributed by atoms with Crippen molar-refractivity contribution in [2.75, 3.05) is 0 Å². The number of H-pyrrole nitrogens is 1. The fraction of sp³-hybridized carbons (Fsp3) is 0.103. The van der Waals surface area contributed by atoms with Gasteiger partial charge in [-0.3, -0.25) is 4.79 Å². The minimum absolute atomic E-state index is 0.106. The number of carbonyl (C=O) groups excluding carboxylic acids is 1. The molecule has 3 nitrogen and oxygen atoms in total. The molecule has 5 aromatic carbocycles. The van der Waals surface area contributed by atoms with Crippen LogP contribution in [0.4, 0.5) is 4.39 Å². The molecule has 1 heterocycles. The van der Waals surface area contributed by atoms with Gasteiger partial charge in [0.05, 0.1) is 5.69 Å². The van der Waals surface area contributed by atoms with Gasteiger partial charge in [-0.2, -0.15) is 0 Å². The van der Waals surface area contributed by atoms with E-state index >= 15 is 0 Å². The molecule has 6 aromatic rings. The summed E-state index contributed by atoms with van der Waals surface area (Å²) < 4.78 is 14.3. The topological polar surface area (TPSA) is 58.9 Å². The molecular weight excluding hydrogens is 562 g/mol. The van der Waals surface area contributed by atoms with Gasteiger partial charge in [0.2, 0.25) is 0 Å². The van der Waals surface area contributed by atoms with Gasteiger partial charge in [-0.15, -0.1) is 0 Å². The Morgan fingerprint density at radius 1 is 0.614 bits per heavy atom. The molecule has 1 aromatic heterocycles. The Balaban J connectivity index is 1.80. The number of hydrogen-bond donors (Lipinski definition) is 2. The van der Waals surface area contributed by atoms with Crippen molar-refractivity contribution in [3.8, 4) is 22.3 Å². The number of aromatic amines is 1. The van der Waals surface area contributed by atoms with E-state index < -0.39 is 13.2 Å². The van der Waals surface area contributed by atoms with Crippen LogP contribution in [0.3, 0.4) is 0 Å². The van der Waals surface area contributed by atoms with Crippen LogP contribution in [0.15, 0.2) is 146 Å². The third-order valence-corrected chi connectivity index (χ3v) is 13.3. The SMILES string of the molecule is CC(C)C(c1[nH]c(C(N)=O)c(-c2ccccc2)c1-c1ccc(F)cc1)[P+](c1ccccc1)(c1ccccc1)c1ccccc1. The van der Waals surface area contributed by atoms with E-state index in [0.29, 0.717) is 5.69 Å². The first-order chi connectivity index (χ1) is 21.4. The van der Waals surface area contributed by atoms with Gasteiger partial charge in [0.15, 0.2) is 0 Å². The zero-order valence-corrected chi connectivity index (χ0v) is 25.7. The van der Waals surface area contributed by atoms with Crippen molar-refractivity contribution in [3.63, 3.8) is 0 Å². The molecule has 0 aliphatic rings. The summed E-state index contributed by atoms with van der Waals surface area (Å²) in [7, 11) is -2.48. The van der Waals surface area contributed by atoms with Crippen molar-refractivity contribution in [2.45, 2.75) is 19.5 Å². The van der Waals surface area contributed by atoms with Crippen molar-refractivity contribution >= 4 is 29.1 Å². The number of carbonyl (C=O) groups is 1. The zero-order chi connectivity index (χ0) is 30.7. The van der Waals surface area contributed by atoms with Gasteiger partial charge < -0.3 is 10.7 Å². The average Bonchev–Trinajstić information content (AvgIpc) is 3.45. The van der Waals surface area contributed by atoms with Crippen LogP contribution in [-0.2, 0) is 0 Å². The van der Waals surface area contributed by atoms with E-state index in [0.717, 1.165) is 27.9 Å². The fourth-order valence-electron chi connectivity index (χ4n) is 6.63. The molecular formula is C39H35FN2OP+. The second-order valence-electron chi connectivity index (χ2n) is 11.3.